The molecule has 1 heterocycles. The van der Waals surface area contributed by atoms with Crippen molar-refractivity contribution >= 4 is 5.82 Å². The highest BCUT2D eigenvalue weighted by atomic mass is 15.0. The second kappa shape index (κ2) is 3.22. The SMILES string of the molecule is Cc1ccc(-c2cc(N)n(C)c2)cc1. The van der Waals surface area contributed by atoms with Crippen LogP contribution in [0.15, 0.2) is 36.5 Å². The minimum absolute atomic E-state index is 0.792. The molecule has 1 aromatic carbocycles. The van der Waals surface area contributed by atoms with Gasteiger partial charge in [-0.2, -0.15) is 0 Å². The van der Waals surface area contributed by atoms with E-state index in [0.29, 0.717) is 0 Å². The van der Waals surface area contributed by atoms with Crippen LogP contribution in [-0.4, -0.2) is 4.57 Å². The standard InChI is InChI=1S/C12H14N2/c1-9-3-5-10(6-4-9)11-7-12(13)14(2)8-11/h3-8H,13H2,1-2H3. The summed E-state index contributed by atoms with van der Waals surface area (Å²) in [5.74, 6) is 0.792. The van der Waals surface area contributed by atoms with Crippen molar-refractivity contribution in [2.24, 2.45) is 7.05 Å². The summed E-state index contributed by atoms with van der Waals surface area (Å²) in [4.78, 5) is 0. The molecule has 0 bridgehead atoms. The van der Waals surface area contributed by atoms with Crippen molar-refractivity contribution in [3.8, 4) is 11.1 Å². The van der Waals surface area contributed by atoms with Crippen molar-refractivity contribution in [3.63, 3.8) is 0 Å². The zero-order valence-electron chi connectivity index (χ0n) is 8.49. The van der Waals surface area contributed by atoms with Crippen molar-refractivity contribution in [2.75, 3.05) is 5.73 Å². The second-order valence-corrected chi connectivity index (χ2v) is 3.63. The topological polar surface area (TPSA) is 30.9 Å². The Balaban J connectivity index is 2.44. The maximum atomic E-state index is 5.77. The van der Waals surface area contributed by atoms with Crippen molar-refractivity contribution in [2.45, 2.75) is 6.92 Å². The predicted octanol–water partition coefficient (Wildman–Crippen LogP) is 2.58. The number of nitrogens with two attached hydrogens (primary N) is 1. The molecule has 0 atom stereocenters. The zero-order valence-corrected chi connectivity index (χ0v) is 8.49. The van der Waals surface area contributed by atoms with Crippen LogP contribution in [0.4, 0.5) is 5.82 Å². The molecule has 0 radical (unpaired) electrons. The van der Waals surface area contributed by atoms with Gasteiger partial charge in [0.05, 0.1) is 0 Å². The van der Waals surface area contributed by atoms with Crippen molar-refractivity contribution in [3.05, 3.63) is 42.1 Å². The average Bonchev–Trinajstić information content (AvgIpc) is 2.48. The Morgan fingerprint density at radius 2 is 1.71 bits per heavy atom. The third-order valence-corrected chi connectivity index (χ3v) is 2.43. The maximum Gasteiger partial charge on any atom is 0.103 e. The lowest BCUT2D eigenvalue weighted by Gasteiger charge is -1.97. The van der Waals surface area contributed by atoms with Crippen LogP contribution >= 0.6 is 0 Å². The molecular formula is C12H14N2. The summed E-state index contributed by atoms with van der Waals surface area (Å²) in [5.41, 5.74) is 9.43. The lowest BCUT2D eigenvalue weighted by molar-refractivity contribution is 0.942. The summed E-state index contributed by atoms with van der Waals surface area (Å²) in [6.07, 6.45) is 2.04. The lowest BCUT2D eigenvalue weighted by Crippen LogP contribution is -1.92. The van der Waals surface area contributed by atoms with E-state index < -0.39 is 0 Å². The van der Waals surface area contributed by atoms with Crippen LogP contribution in [0.2, 0.25) is 0 Å². The number of hydrogen-bond donors (Lipinski definition) is 1. The van der Waals surface area contributed by atoms with Gasteiger partial charge in [-0.05, 0) is 18.6 Å². The van der Waals surface area contributed by atoms with E-state index in [0.717, 1.165) is 5.82 Å². The van der Waals surface area contributed by atoms with E-state index in [-0.39, 0.29) is 0 Å². The van der Waals surface area contributed by atoms with Crippen molar-refractivity contribution in [1.82, 2.24) is 4.57 Å². The molecule has 0 unspecified atom stereocenters. The highest BCUT2D eigenvalue weighted by molar-refractivity contribution is 5.66. The molecule has 0 aliphatic rings. The Labute approximate surface area is 84.0 Å². The largest absolute Gasteiger partial charge is 0.385 e. The summed E-state index contributed by atoms with van der Waals surface area (Å²) in [6, 6.07) is 10.4. The third-order valence-electron chi connectivity index (χ3n) is 2.43. The Morgan fingerprint density at radius 1 is 1.07 bits per heavy atom. The molecule has 1 aromatic heterocycles. The molecule has 14 heavy (non-hydrogen) atoms. The van der Waals surface area contributed by atoms with Crippen LogP contribution < -0.4 is 5.73 Å². The van der Waals surface area contributed by atoms with Crippen LogP contribution in [0, 0.1) is 6.92 Å². The molecule has 0 fully saturated rings. The van der Waals surface area contributed by atoms with Crippen LogP contribution in [0.1, 0.15) is 5.56 Å². The summed E-state index contributed by atoms with van der Waals surface area (Å²) >= 11 is 0. The Kier molecular flexibility index (Phi) is 2.04. The zero-order chi connectivity index (χ0) is 10.1. The monoisotopic (exact) mass is 186 g/mol. The molecule has 2 nitrogen and oxygen atoms in total. The Hall–Kier alpha value is -1.70. The molecule has 2 N–H and O–H groups in total. The van der Waals surface area contributed by atoms with Gasteiger partial charge in [0, 0.05) is 18.8 Å². The number of aromatic nitrogens is 1. The molecule has 0 saturated heterocycles. The molecule has 2 aromatic rings. The molecule has 0 saturated carbocycles. The number of aryl methyl sites for hydroxylation is 2. The van der Waals surface area contributed by atoms with Gasteiger partial charge in [0.2, 0.25) is 0 Å². The van der Waals surface area contributed by atoms with E-state index in [1.54, 1.807) is 0 Å². The smallest absolute Gasteiger partial charge is 0.103 e. The predicted molar refractivity (Wildman–Crippen MR) is 60.0 cm³/mol. The minimum atomic E-state index is 0.792. The summed E-state index contributed by atoms with van der Waals surface area (Å²) in [7, 11) is 1.95. The summed E-state index contributed by atoms with van der Waals surface area (Å²) < 4.78 is 1.93. The molecule has 0 aliphatic carbocycles. The highest BCUT2D eigenvalue weighted by Gasteiger charge is 2.01. The number of anilines is 1. The summed E-state index contributed by atoms with van der Waals surface area (Å²) in [5, 5.41) is 0. The van der Waals surface area contributed by atoms with E-state index in [1.807, 2.05) is 23.9 Å². The fraction of sp³-hybridized carbons (Fsp3) is 0.167. The van der Waals surface area contributed by atoms with Gasteiger partial charge in [0.25, 0.3) is 0 Å². The van der Waals surface area contributed by atoms with E-state index >= 15 is 0 Å². The number of rotatable bonds is 1. The maximum absolute atomic E-state index is 5.77. The number of nitrogen functional groups attached to an aromatic ring is 1. The quantitative estimate of drug-likeness (QED) is 0.729. The first-order valence-corrected chi connectivity index (χ1v) is 4.66. The first kappa shape index (κ1) is 8.88. The molecule has 2 rings (SSSR count). The first-order valence-electron chi connectivity index (χ1n) is 4.66. The van der Waals surface area contributed by atoms with Crippen LogP contribution in [-0.2, 0) is 7.05 Å². The highest BCUT2D eigenvalue weighted by Crippen LogP contribution is 2.22. The third kappa shape index (κ3) is 1.51. The van der Waals surface area contributed by atoms with Gasteiger partial charge in [-0.3, -0.25) is 0 Å². The molecule has 72 valence electrons. The number of nitrogens with zero attached hydrogens (tertiary/aromatic N) is 1. The minimum Gasteiger partial charge on any atom is -0.385 e. The Morgan fingerprint density at radius 3 is 2.21 bits per heavy atom. The van der Waals surface area contributed by atoms with Crippen molar-refractivity contribution in [1.29, 1.82) is 0 Å². The van der Waals surface area contributed by atoms with E-state index in [9.17, 15) is 0 Å². The van der Waals surface area contributed by atoms with Gasteiger partial charge in [-0.25, -0.2) is 0 Å². The second-order valence-electron chi connectivity index (χ2n) is 3.63. The van der Waals surface area contributed by atoms with Gasteiger partial charge in [-0.1, -0.05) is 29.8 Å². The fourth-order valence-corrected chi connectivity index (χ4v) is 1.49. The van der Waals surface area contributed by atoms with Crippen LogP contribution in [0.25, 0.3) is 11.1 Å². The van der Waals surface area contributed by atoms with Gasteiger partial charge in [0.1, 0.15) is 5.82 Å². The van der Waals surface area contributed by atoms with E-state index in [4.69, 9.17) is 5.73 Å². The average molecular weight is 186 g/mol. The van der Waals surface area contributed by atoms with Gasteiger partial charge in [-0.15, -0.1) is 0 Å². The lowest BCUT2D eigenvalue weighted by atomic mass is 10.1. The van der Waals surface area contributed by atoms with Gasteiger partial charge >= 0.3 is 0 Å². The Bertz CT molecular complexity index is 418. The van der Waals surface area contributed by atoms with Crippen LogP contribution in [0.3, 0.4) is 0 Å². The normalized spacial score (nSPS) is 10.4. The molecule has 0 amide bonds. The van der Waals surface area contributed by atoms with Crippen LogP contribution in [0.5, 0.6) is 0 Å². The molecule has 0 spiro atoms. The van der Waals surface area contributed by atoms with Crippen molar-refractivity contribution < 1.29 is 0 Å². The fourth-order valence-electron chi connectivity index (χ4n) is 1.49. The molecule has 2 heteroatoms. The molecule has 0 aliphatic heterocycles. The van der Waals surface area contributed by atoms with Gasteiger partial charge in [0.15, 0.2) is 0 Å². The first-order chi connectivity index (χ1) is 6.66. The van der Waals surface area contributed by atoms with E-state index in [2.05, 4.69) is 31.2 Å². The molecular weight excluding hydrogens is 172 g/mol. The summed E-state index contributed by atoms with van der Waals surface area (Å²) in [6.45, 7) is 2.09. The number of hydrogen-bond acceptors (Lipinski definition) is 1. The van der Waals surface area contributed by atoms with Gasteiger partial charge < -0.3 is 10.3 Å². The number of benzene rings is 1. The van der Waals surface area contributed by atoms with E-state index in [1.165, 1.54) is 16.7 Å².